The number of nitrogens with zero attached hydrogens (tertiary/aromatic N) is 4. The molecule has 0 spiro atoms. The van der Waals surface area contributed by atoms with Gasteiger partial charge in [-0.05, 0) is 68.1 Å². The standard InChI is InChI=1S/C30H29N5O3/c1-19-9-10-24-25(13-22(14-26(24)33-19)23-15-32-35(3)16-23)30(11-12-30)29(38-20(2)27-17-37-18-31-27)34-28(36)21-7-5-4-6-8-21/h4-10,13-18,20,29H,11-12H2,1-3H3,(H,34,36). The molecule has 1 aliphatic carbocycles. The molecule has 0 aliphatic heterocycles. The number of hydrogen-bond donors (Lipinski definition) is 1. The second-order valence-corrected chi connectivity index (χ2v) is 10.0. The largest absolute Gasteiger partial charge is 0.451 e. The van der Waals surface area contributed by atoms with Crippen LogP contribution in [0.25, 0.3) is 22.0 Å². The lowest BCUT2D eigenvalue weighted by Crippen LogP contribution is -2.46. The smallest absolute Gasteiger partial charge is 0.253 e. The monoisotopic (exact) mass is 507 g/mol. The number of oxazole rings is 1. The Morgan fingerprint density at radius 2 is 1.95 bits per heavy atom. The number of ether oxygens (including phenoxy) is 1. The lowest BCUT2D eigenvalue weighted by atomic mass is 9.87. The molecule has 3 heterocycles. The van der Waals surface area contributed by atoms with Crippen molar-refractivity contribution in [1.82, 2.24) is 25.1 Å². The summed E-state index contributed by atoms with van der Waals surface area (Å²) in [5, 5.41) is 8.64. The van der Waals surface area contributed by atoms with Crippen LogP contribution < -0.4 is 5.32 Å². The molecule has 1 amide bonds. The fourth-order valence-electron chi connectivity index (χ4n) is 5.08. The number of rotatable bonds is 8. The Balaban J connectivity index is 1.46. The molecule has 3 aromatic heterocycles. The number of nitrogens with one attached hydrogen (secondary N) is 1. The molecule has 38 heavy (non-hydrogen) atoms. The number of benzene rings is 2. The van der Waals surface area contributed by atoms with Gasteiger partial charge in [-0.2, -0.15) is 5.10 Å². The molecule has 2 atom stereocenters. The molecule has 1 N–H and O–H groups in total. The van der Waals surface area contributed by atoms with Crippen molar-refractivity contribution in [3.63, 3.8) is 0 Å². The molecular weight excluding hydrogens is 478 g/mol. The topological polar surface area (TPSA) is 95.1 Å². The Kier molecular flexibility index (Phi) is 6.04. The first-order valence-electron chi connectivity index (χ1n) is 12.7. The van der Waals surface area contributed by atoms with Gasteiger partial charge in [0.15, 0.2) is 6.39 Å². The predicted octanol–water partition coefficient (Wildman–Crippen LogP) is 5.50. The zero-order chi connectivity index (χ0) is 26.3. The van der Waals surface area contributed by atoms with E-state index in [9.17, 15) is 4.79 Å². The normalized spacial score (nSPS) is 15.8. The van der Waals surface area contributed by atoms with Gasteiger partial charge in [-0.3, -0.25) is 14.5 Å². The molecule has 0 radical (unpaired) electrons. The van der Waals surface area contributed by atoms with Gasteiger partial charge in [0.05, 0.1) is 11.7 Å². The molecule has 0 bridgehead atoms. The first-order valence-corrected chi connectivity index (χ1v) is 12.7. The van der Waals surface area contributed by atoms with E-state index in [2.05, 4.69) is 33.6 Å². The van der Waals surface area contributed by atoms with Crippen molar-refractivity contribution in [3.8, 4) is 11.1 Å². The van der Waals surface area contributed by atoms with Crippen molar-refractivity contribution in [2.75, 3.05) is 0 Å². The van der Waals surface area contributed by atoms with Gasteiger partial charge in [-0.25, -0.2) is 4.98 Å². The molecule has 8 nitrogen and oxygen atoms in total. The second-order valence-electron chi connectivity index (χ2n) is 10.0. The van der Waals surface area contributed by atoms with Gasteiger partial charge >= 0.3 is 0 Å². The minimum absolute atomic E-state index is 0.184. The van der Waals surface area contributed by atoms with Gasteiger partial charge in [0, 0.05) is 40.9 Å². The first-order chi connectivity index (χ1) is 18.4. The minimum atomic E-state index is -0.601. The van der Waals surface area contributed by atoms with Crippen LogP contribution in [0, 0.1) is 6.92 Å². The number of aromatic nitrogens is 4. The molecule has 192 valence electrons. The molecule has 0 saturated heterocycles. The molecule has 1 fully saturated rings. The van der Waals surface area contributed by atoms with E-state index in [0.29, 0.717) is 11.3 Å². The highest BCUT2D eigenvalue weighted by Crippen LogP contribution is 2.54. The van der Waals surface area contributed by atoms with Gasteiger partial charge in [0.1, 0.15) is 24.3 Å². The van der Waals surface area contributed by atoms with Crippen LogP contribution in [0.3, 0.4) is 0 Å². The fraction of sp³-hybridized carbons (Fsp3) is 0.267. The van der Waals surface area contributed by atoms with Crippen LogP contribution >= 0.6 is 0 Å². The van der Waals surface area contributed by atoms with Crippen LogP contribution in [0.4, 0.5) is 0 Å². The van der Waals surface area contributed by atoms with E-state index in [1.807, 2.05) is 57.6 Å². The van der Waals surface area contributed by atoms with E-state index in [1.165, 1.54) is 6.39 Å². The van der Waals surface area contributed by atoms with Gasteiger partial charge < -0.3 is 14.5 Å². The summed E-state index contributed by atoms with van der Waals surface area (Å²) in [4.78, 5) is 22.5. The number of carbonyl (C=O) groups excluding carboxylic acids is 1. The summed E-state index contributed by atoms with van der Waals surface area (Å²) in [6.45, 7) is 3.92. The van der Waals surface area contributed by atoms with Crippen molar-refractivity contribution < 1.29 is 13.9 Å². The fourth-order valence-corrected chi connectivity index (χ4v) is 5.08. The van der Waals surface area contributed by atoms with Gasteiger partial charge in [-0.1, -0.05) is 24.3 Å². The molecule has 5 aromatic rings. The Hall–Kier alpha value is -4.30. The van der Waals surface area contributed by atoms with E-state index in [4.69, 9.17) is 14.1 Å². The van der Waals surface area contributed by atoms with Crippen LogP contribution in [0.15, 0.2) is 84.1 Å². The van der Waals surface area contributed by atoms with Gasteiger partial charge in [-0.15, -0.1) is 0 Å². The van der Waals surface area contributed by atoms with E-state index in [-0.39, 0.29) is 12.0 Å². The third-order valence-electron chi connectivity index (χ3n) is 7.32. The summed E-state index contributed by atoms with van der Waals surface area (Å²) in [5.41, 5.74) is 5.82. The first kappa shape index (κ1) is 24.1. The molecule has 2 unspecified atom stereocenters. The highest BCUT2D eigenvalue weighted by molar-refractivity contribution is 5.95. The summed E-state index contributed by atoms with van der Waals surface area (Å²) < 4.78 is 13.6. The minimum Gasteiger partial charge on any atom is -0.451 e. The Morgan fingerprint density at radius 3 is 2.63 bits per heavy atom. The van der Waals surface area contributed by atoms with E-state index in [1.54, 1.807) is 23.1 Å². The van der Waals surface area contributed by atoms with Crippen LogP contribution in [0.1, 0.15) is 53.2 Å². The highest BCUT2D eigenvalue weighted by Gasteiger charge is 2.54. The summed E-state index contributed by atoms with van der Waals surface area (Å²) in [6, 6.07) is 17.7. The quantitative estimate of drug-likeness (QED) is 0.279. The van der Waals surface area contributed by atoms with Crippen molar-refractivity contribution in [1.29, 1.82) is 0 Å². The predicted molar refractivity (Wildman–Crippen MR) is 143 cm³/mol. The van der Waals surface area contributed by atoms with Crippen LogP contribution in [0.5, 0.6) is 0 Å². The number of hydrogen-bond acceptors (Lipinski definition) is 6. The molecule has 6 rings (SSSR count). The zero-order valence-corrected chi connectivity index (χ0v) is 21.6. The summed E-state index contributed by atoms with van der Waals surface area (Å²) >= 11 is 0. The molecule has 8 heteroatoms. The number of amides is 1. The Labute approximate surface area is 220 Å². The molecular formula is C30H29N5O3. The van der Waals surface area contributed by atoms with Gasteiger partial charge in [0.25, 0.3) is 5.91 Å². The SMILES string of the molecule is Cc1ccc2c(C3(C(NC(=O)c4ccccc4)OC(C)c4cocn4)CC3)cc(-c3cnn(C)c3)cc2n1. The molecule has 1 saturated carbocycles. The van der Waals surface area contributed by atoms with Crippen molar-refractivity contribution >= 4 is 16.8 Å². The van der Waals surface area contributed by atoms with E-state index < -0.39 is 11.6 Å². The number of fused-ring (bicyclic) bond motifs is 1. The second kappa shape index (κ2) is 9.54. The zero-order valence-electron chi connectivity index (χ0n) is 21.6. The summed E-state index contributed by atoms with van der Waals surface area (Å²) in [5.74, 6) is -0.184. The van der Waals surface area contributed by atoms with Crippen LogP contribution in [-0.2, 0) is 17.2 Å². The summed E-state index contributed by atoms with van der Waals surface area (Å²) in [7, 11) is 1.91. The Morgan fingerprint density at radius 1 is 1.13 bits per heavy atom. The molecule has 2 aromatic carbocycles. The maximum atomic E-state index is 13.4. The lowest BCUT2D eigenvalue weighted by molar-refractivity contribution is -0.0417. The van der Waals surface area contributed by atoms with E-state index in [0.717, 1.165) is 46.1 Å². The number of pyridine rings is 1. The van der Waals surface area contributed by atoms with Crippen molar-refractivity contribution in [2.24, 2.45) is 7.05 Å². The maximum Gasteiger partial charge on any atom is 0.253 e. The van der Waals surface area contributed by atoms with Crippen molar-refractivity contribution in [2.45, 2.75) is 44.4 Å². The van der Waals surface area contributed by atoms with E-state index >= 15 is 0 Å². The molecule has 1 aliphatic rings. The third kappa shape index (κ3) is 4.48. The maximum absolute atomic E-state index is 13.4. The lowest BCUT2D eigenvalue weighted by Gasteiger charge is -2.31. The third-order valence-corrected chi connectivity index (χ3v) is 7.32. The Bertz CT molecular complexity index is 1590. The van der Waals surface area contributed by atoms with Crippen LogP contribution in [-0.4, -0.2) is 31.9 Å². The van der Waals surface area contributed by atoms with Gasteiger partial charge in [0.2, 0.25) is 0 Å². The van der Waals surface area contributed by atoms with Crippen LogP contribution in [0.2, 0.25) is 0 Å². The highest BCUT2D eigenvalue weighted by atomic mass is 16.5. The number of aryl methyl sites for hydroxylation is 2. The average molecular weight is 508 g/mol. The average Bonchev–Trinajstić information content (AvgIpc) is 3.30. The number of carbonyl (C=O) groups is 1. The summed E-state index contributed by atoms with van der Waals surface area (Å²) in [6.07, 6.45) is 7.55. The van der Waals surface area contributed by atoms with Crippen molar-refractivity contribution in [3.05, 3.63) is 102 Å².